The fourth-order valence-corrected chi connectivity index (χ4v) is 4.27. The van der Waals surface area contributed by atoms with E-state index >= 15 is 0 Å². The molecule has 3 rings (SSSR count). The molecular weight excluding hydrogens is 377 g/mol. The molecule has 1 N–H and O–H groups in total. The maximum atomic E-state index is 13.3. The van der Waals surface area contributed by atoms with Gasteiger partial charge in [0.05, 0.1) is 16.8 Å². The highest BCUT2D eigenvalue weighted by Crippen LogP contribution is 2.26. The summed E-state index contributed by atoms with van der Waals surface area (Å²) < 4.78 is 40.9. The van der Waals surface area contributed by atoms with Crippen LogP contribution < -0.4 is 9.62 Å². The molecule has 0 bridgehead atoms. The number of halogens is 1. The van der Waals surface area contributed by atoms with Crippen LogP contribution in [0.2, 0.25) is 0 Å². The molecule has 146 valence electrons. The van der Waals surface area contributed by atoms with Crippen LogP contribution in [0.15, 0.2) is 65.7 Å². The van der Waals surface area contributed by atoms with E-state index < -0.39 is 15.8 Å². The minimum absolute atomic E-state index is 0.0351. The lowest BCUT2D eigenvalue weighted by molar-refractivity contribution is 0.598. The van der Waals surface area contributed by atoms with Gasteiger partial charge >= 0.3 is 0 Å². The summed E-state index contributed by atoms with van der Waals surface area (Å²) in [6.45, 7) is 6.33. The third kappa shape index (κ3) is 4.31. The molecule has 0 fully saturated rings. The average molecular weight is 399 g/mol. The van der Waals surface area contributed by atoms with Crippen LogP contribution in [0.4, 0.5) is 21.6 Å². The van der Waals surface area contributed by atoms with E-state index in [0.717, 1.165) is 23.9 Å². The summed E-state index contributed by atoms with van der Waals surface area (Å²) in [5.41, 5.74) is 2.85. The molecule has 1 aromatic heterocycles. The number of aryl methyl sites for hydroxylation is 2. The lowest BCUT2D eigenvalue weighted by Crippen LogP contribution is -2.18. The topological polar surface area (TPSA) is 62.3 Å². The van der Waals surface area contributed by atoms with Crippen molar-refractivity contribution < 1.29 is 12.8 Å². The Kier molecular flexibility index (Phi) is 5.65. The van der Waals surface area contributed by atoms with Crippen LogP contribution in [0.1, 0.15) is 18.1 Å². The molecule has 28 heavy (non-hydrogen) atoms. The molecule has 0 saturated heterocycles. The van der Waals surface area contributed by atoms with E-state index in [4.69, 9.17) is 0 Å². The third-order valence-corrected chi connectivity index (χ3v) is 5.87. The number of anilines is 3. The normalized spacial score (nSPS) is 11.3. The van der Waals surface area contributed by atoms with Crippen molar-refractivity contribution in [2.24, 2.45) is 0 Å². The summed E-state index contributed by atoms with van der Waals surface area (Å²) in [5.74, 6) is 0.243. The fourth-order valence-electron chi connectivity index (χ4n) is 3.00. The van der Waals surface area contributed by atoms with Gasteiger partial charge in [0.2, 0.25) is 0 Å². The predicted octanol–water partition coefficient (Wildman–Crippen LogP) is 4.80. The minimum Gasteiger partial charge on any atom is -0.327 e. The number of hydrogen-bond donors (Lipinski definition) is 1. The van der Waals surface area contributed by atoms with E-state index in [1.54, 1.807) is 19.1 Å². The van der Waals surface area contributed by atoms with Crippen LogP contribution >= 0.6 is 0 Å². The first-order valence-electron chi connectivity index (χ1n) is 8.89. The van der Waals surface area contributed by atoms with Gasteiger partial charge in [-0.25, -0.2) is 17.8 Å². The Morgan fingerprint density at radius 3 is 2.46 bits per heavy atom. The zero-order valence-electron chi connectivity index (χ0n) is 16.0. The Bertz CT molecular complexity index is 1080. The van der Waals surface area contributed by atoms with Gasteiger partial charge in [0.15, 0.2) is 0 Å². The van der Waals surface area contributed by atoms with Gasteiger partial charge in [-0.15, -0.1) is 0 Å². The Morgan fingerprint density at radius 2 is 1.86 bits per heavy atom. The summed E-state index contributed by atoms with van der Waals surface area (Å²) in [6.07, 6.45) is 1.48. The third-order valence-electron chi connectivity index (χ3n) is 4.33. The van der Waals surface area contributed by atoms with Crippen molar-refractivity contribution in [1.82, 2.24) is 4.98 Å². The number of hydrogen-bond acceptors (Lipinski definition) is 4. The lowest BCUT2D eigenvalue weighted by atomic mass is 10.2. The first-order chi connectivity index (χ1) is 13.3. The largest absolute Gasteiger partial charge is 0.327 e. The Hall–Kier alpha value is -2.93. The predicted molar refractivity (Wildman–Crippen MR) is 110 cm³/mol. The molecule has 5 nitrogen and oxygen atoms in total. The summed E-state index contributed by atoms with van der Waals surface area (Å²) in [5, 5.41) is 0. The number of pyridine rings is 1. The molecule has 0 atom stereocenters. The molecule has 1 heterocycles. The Balaban J connectivity index is 1.84. The summed E-state index contributed by atoms with van der Waals surface area (Å²) in [6, 6.07) is 15.1. The highest BCUT2D eigenvalue weighted by molar-refractivity contribution is 7.92. The van der Waals surface area contributed by atoms with Gasteiger partial charge in [-0.3, -0.25) is 4.72 Å². The quantitative estimate of drug-likeness (QED) is 0.647. The standard InChI is InChI=1S/C21H22FN3O2S/c1-4-25(19-7-5-6-15(2)12-19)21-11-9-18(14-23-21)24-28(26,27)20-10-8-17(22)13-16(20)3/h5-14,24H,4H2,1-3H3. The van der Waals surface area contributed by atoms with Crippen LogP contribution in [0.3, 0.4) is 0 Å². The van der Waals surface area contributed by atoms with Gasteiger partial charge in [-0.2, -0.15) is 0 Å². The molecule has 0 saturated carbocycles. The van der Waals surface area contributed by atoms with Crippen LogP contribution in [0.25, 0.3) is 0 Å². The van der Waals surface area contributed by atoms with Gasteiger partial charge in [-0.1, -0.05) is 12.1 Å². The average Bonchev–Trinajstić information content (AvgIpc) is 2.63. The SMILES string of the molecule is CCN(c1cccc(C)c1)c1ccc(NS(=O)(=O)c2ccc(F)cc2C)cn1. The highest BCUT2D eigenvalue weighted by atomic mass is 32.2. The number of nitrogens with zero attached hydrogens (tertiary/aromatic N) is 2. The van der Waals surface area contributed by atoms with Crippen LogP contribution in [-0.4, -0.2) is 19.9 Å². The Morgan fingerprint density at radius 1 is 1.07 bits per heavy atom. The number of aromatic nitrogens is 1. The van der Waals surface area contributed by atoms with Gasteiger partial charge in [0, 0.05) is 12.2 Å². The number of sulfonamides is 1. The van der Waals surface area contributed by atoms with E-state index in [9.17, 15) is 12.8 Å². The van der Waals surface area contributed by atoms with Crippen molar-refractivity contribution in [1.29, 1.82) is 0 Å². The number of rotatable bonds is 6. The molecule has 0 aliphatic heterocycles. The second kappa shape index (κ2) is 7.98. The molecular formula is C21H22FN3O2S. The van der Waals surface area contributed by atoms with Crippen molar-refractivity contribution in [3.63, 3.8) is 0 Å². The van der Waals surface area contributed by atoms with Crippen molar-refractivity contribution >= 4 is 27.2 Å². The van der Waals surface area contributed by atoms with E-state index in [1.807, 2.05) is 36.9 Å². The van der Waals surface area contributed by atoms with Crippen molar-refractivity contribution in [3.8, 4) is 0 Å². The lowest BCUT2D eigenvalue weighted by Gasteiger charge is -2.22. The molecule has 0 amide bonds. The van der Waals surface area contributed by atoms with Gasteiger partial charge in [0.1, 0.15) is 11.6 Å². The zero-order valence-corrected chi connectivity index (χ0v) is 16.8. The first-order valence-corrected chi connectivity index (χ1v) is 10.4. The van der Waals surface area contributed by atoms with Gasteiger partial charge < -0.3 is 4.90 Å². The summed E-state index contributed by atoms with van der Waals surface area (Å²) in [4.78, 5) is 6.48. The van der Waals surface area contributed by atoms with E-state index in [1.165, 1.54) is 18.3 Å². The first kappa shape index (κ1) is 19.8. The monoisotopic (exact) mass is 399 g/mol. The molecule has 0 unspecified atom stereocenters. The fraction of sp³-hybridized carbons (Fsp3) is 0.190. The second-order valence-electron chi connectivity index (χ2n) is 6.50. The van der Waals surface area contributed by atoms with Gasteiger partial charge in [0.25, 0.3) is 10.0 Å². The molecule has 0 spiro atoms. The van der Waals surface area contributed by atoms with Gasteiger partial charge in [-0.05, 0) is 74.4 Å². The van der Waals surface area contributed by atoms with E-state index in [-0.39, 0.29) is 4.90 Å². The molecule has 0 radical (unpaired) electrons. The van der Waals surface area contributed by atoms with Crippen LogP contribution in [-0.2, 0) is 10.0 Å². The Labute approximate surface area is 164 Å². The summed E-state index contributed by atoms with van der Waals surface area (Å²) in [7, 11) is -3.83. The van der Waals surface area contributed by atoms with E-state index in [0.29, 0.717) is 17.1 Å². The highest BCUT2D eigenvalue weighted by Gasteiger charge is 2.18. The second-order valence-corrected chi connectivity index (χ2v) is 8.15. The van der Waals surface area contributed by atoms with Crippen molar-refractivity contribution in [3.05, 3.63) is 77.7 Å². The van der Waals surface area contributed by atoms with E-state index in [2.05, 4.69) is 15.8 Å². The summed E-state index contributed by atoms with van der Waals surface area (Å²) >= 11 is 0. The maximum absolute atomic E-state index is 13.3. The minimum atomic E-state index is -3.83. The molecule has 0 aliphatic rings. The zero-order chi connectivity index (χ0) is 20.3. The molecule has 0 aliphatic carbocycles. The van der Waals surface area contributed by atoms with Crippen molar-refractivity contribution in [2.45, 2.75) is 25.7 Å². The molecule has 2 aromatic carbocycles. The maximum Gasteiger partial charge on any atom is 0.262 e. The smallest absolute Gasteiger partial charge is 0.262 e. The molecule has 7 heteroatoms. The number of benzene rings is 2. The molecule has 3 aromatic rings. The number of nitrogens with one attached hydrogen (secondary N) is 1. The van der Waals surface area contributed by atoms with Crippen LogP contribution in [0, 0.1) is 19.7 Å². The van der Waals surface area contributed by atoms with Crippen molar-refractivity contribution in [2.75, 3.05) is 16.2 Å². The van der Waals surface area contributed by atoms with Crippen LogP contribution in [0.5, 0.6) is 0 Å².